The summed E-state index contributed by atoms with van der Waals surface area (Å²) in [4.78, 5) is 6.95. The number of hydrogen-bond acceptors (Lipinski definition) is 4. The molecule has 2 heterocycles. The quantitative estimate of drug-likeness (QED) is 0.546. The van der Waals surface area contributed by atoms with Crippen molar-refractivity contribution in [2.24, 2.45) is 18.0 Å². The van der Waals surface area contributed by atoms with E-state index >= 15 is 0 Å². The molecule has 1 aromatic heterocycles. The maximum Gasteiger partial charge on any atom is 0.193 e. The van der Waals surface area contributed by atoms with E-state index in [1.807, 2.05) is 30.1 Å². The zero-order valence-electron chi connectivity index (χ0n) is 19.3. The van der Waals surface area contributed by atoms with Gasteiger partial charge >= 0.3 is 0 Å². The molecule has 0 radical (unpaired) electrons. The predicted molar refractivity (Wildman–Crippen MR) is 125 cm³/mol. The van der Waals surface area contributed by atoms with Crippen LogP contribution in [0.5, 0.6) is 0 Å². The Morgan fingerprint density at radius 1 is 1.26 bits per heavy atom. The number of rotatable bonds is 6. The van der Waals surface area contributed by atoms with Gasteiger partial charge in [-0.05, 0) is 47.4 Å². The molecule has 1 aliphatic heterocycles. The van der Waals surface area contributed by atoms with Crippen LogP contribution in [0.1, 0.15) is 38.3 Å². The summed E-state index contributed by atoms with van der Waals surface area (Å²) in [5.41, 5.74) is 2.38. The second-order valence-electron chi connectivity index (χ2n) is 9.39. The van der Waals surface area contributed by atoms with Crippen LogP contribution in [-0.2, 0) is 28.7 Å². The molecule has 1 aromatic carbocycles. The van der Waals surface area contributed by atoms with Crippen LogP contribution in [0.15, 0.2) is 46.5 Å². The lowest BCUT2D eigenvalue weighted by molar-refractivity contribution is 0.461. The van der Waals surface area contributed by atoms with Gasteiger partial charge in [-0.1, -0.05) is 32.9 Å². The Kier molecular flexibility index (Phi) is 7.09. The molecule has 170 valence electrons. The van der Waals surface area contributed by atoms with E-state index in [-0.39, 0.29) is 11.2 Å². The third-order valence-electron chi connectivity index (χ3n) is 5.81. The zero-order valence-corrected chi connectivity index (χ0v) is 20.1. The molecular formula is C23H35N5O2S. The number of aromatic nitrogens is 2. The Hall–Kier alpha value is -2.35. The van der Waals surface area contributed by atoms with E-state index in [4.69, 9.17) is 0 Å². The summed E-state index contributed by atoms with van der Waals surface area (Å²) in [6.45, 7) is 8.52. The normalized spacial score (nSPS) is 17.9. The molecule has 3 rings (SSSR count). The summed E-state index contributed by atoms with van der Waals surface area (Å²) in [7, 11) is 0.336. The van der Waals surface area contributed by atoms with Gasteiger partial charge in [0.1, 0.15) is 0 Å². The first kappa shape index (κ1) is 23.3. The number of nitrogens with one attached hydrogen (secondary N) is 1. The summed E-state index contributed by atoms with van der Waals surface area (Å²) < 4.78 is 27.3. The van der Waals surface area contributed by atoms with Crippen LogP contribution >= 0.6 is 0 Å². The fourth-order valence-electron chi connectivity index (χ4n) is 4.01. The summed E-state index contributed by atoms with van der Waals surface area (Å²) >= 11 is 0. The summed E-state index contributed by atoms with van der Waals surface area (Å²) in [5.74, 6) is 1.35. The molecule has 0 spiro atoms. The Balaban J connectivity index is 1.51. The van der Waals surface area contributed by atoms with Gasteiger partial charge in [-0.2, -0.15) is 5.10 Å². The van der Waals surface area contributed by atoms with Crippen molar-refractivity contribution in [1.82, 2.24) is 20.0 Å². The summed E-state index contributed by atoms with van der Waals surface area (Å²) in [6, 6.07) is 7.25. The maximum absolute atomic E-state index is 12.7. The molecule has 1 unspecified atom stereocenters. The van der Waals surface area contributed by atoms with E-state index < -0.39 is 9.84 Å². The highest BCUT2D eigenvalue weighted by Gasteiger charge is 2.26. The van der Waals surface area contributed by atoms with Crippen LogP contribution in [0.2, 0.25) is 0 Å². The van der Waals surface area contributed by atoms with Crippen molar-refractivity contribution in [2.75, 3.05) is 32.4 Å². The van der Waals surface area contributed by atoms with E-state index in [1.54, 1.807) is 19.2 Å². The number of sulfone groups is 1. The number of guanidine groups is 1. The Morgan fingerprint density at radius 3 is 2.55 bits per heavy atom. The van der Waals surface area contributed by atoms with Crippen LogP contribution in [0.3, 0.4) is 0 Å². The second-order valence-corrected chi connectivity index (χ2v) is 11.5. The van der Waals surface area contributed by atoms with Crippen molar-refractivity contribution < 1.29 is 8.42 Å². The fourth-order valence-corrected chi connectivity index (χ4v) is 5.17. The molecule has 1 fully saturated rings. The Bertz CT molecular complexity index is 1000. The number of nitrogens with zero attached hydrogens (tertiary/aromatic N) is 4. The molecule has 0 aliphatic carbocycles. The fraction of sp³-hybridized carbons (Fsp3) is 0.565. The number of hydrogen-bond donors (Lipinski definition) is 1. The van der Waals surface area contributed by atoms with Gasteiger partial charge in [0.15, 0.2) is 15.8 Å². The molecule has 1 atom stereocenters. The van der Waals surface area contributed by atoms with Gasteiger partial charge < -0.3 is 10.2 Å². The highest BCUT2D eigenvalue weighted by atomic mass is 32.2. The molecule has 8 heteroatoms. The lowest BCUT2D eigenvalue weighted by Gasteiger charge is -2.22. The summed E-state index contributed by atoms with van der Waals surface area (Å²) in [6.07, 6.45) is 6.08. The van der Waals surface area contributed by atoms with E-state index in [0.717, 1.165) is 37.5 Å². The molecule has 0 bridgehead atoms. The molecule has 0 amide bonds. The standard InChI is InChI=1S/C23H35N5O2S/c1-23(2,3)20-6-8-21(9-7-20)31(29,30)13-11-25-22(24-4)28-12-10-18(17-28)14-19-15-26-27(5)16-19/h6-9,15-16,18H,10-14,17H2,1-5H3,(H,24,25). The largest absolute Gasteiger partial charge is 0.355 e. The van der Waals surface area contributed by atoms with Crippen LogP contribution in [-0.4, -0.2) is 61.5 Å². The van der Waals surface area contributed by atoms with Gasteiger partial charge in [0.05, 0.1) is 16.8 Å². The van der Waals surface area contributed by atoms with Gasteiger partial charge in [-0.25, -0.2) is 8.42 Å². The van der Waals surface area contributed by atoms with Gasteiger partial charge in [0.25, 0.3) is 0 Å². The predicted octanol–water partition coefficient (Wildman–Crippen LogP) is 2.63. The third kappa shape index (κ3) is 6.09. The molecule has 1 saturated heterocycles. The van der Waals surface area contributed by atoms with E-state index in [1.165, 1.54) is 5.56 Å². The Labute approximate surface area is 186 Å². The number of aliphatic imine (C=N–C) groups is 1. The molecule has 2 aromatic rings. The lowest BCUT2D eigenvalue weighted by atomic mass is 9.87. The lowest BCUT2D eigenvalue weighted by Crippen LogP contribution is -2.42. The Morgan fingerprint density at radius 2 is 1.97 bits per heavy atom. The van der Waals surface area contributed by atoms with Crippen LogP contribution in [0.4, 0.5) is 0 Å². The number of likely N-dealkylation sites (tertiary alicyclic amines) is 1. The molecule has 31 heavy (non-hydrogen) atoms. The van der Waals surface area contributed by atoms with Crippen molar-refractivity contribution in [2.45, 2.75) is 43.9 Å². The number of benzene rings is 1. The molecule has 0 saturated carbocycles. The van der Waals surface area contributed by atoms with Gasteiger partial charge in [0, 0.05) is 39.9 Å². The van der Waals surface area contributed by atoms with Crippen molar-refractivity contribution >= 4 is 15.8 Å². The average molecular weight is 446 g/mol. The van der Waals surface area contributed by atoms with Crippen LogP contribution < -0.4 is 5.32 Å². The maximum atomic E-state index is 12.7. The number of aryl methyl sites for hydroxylation is 1. The van der Waals surface area contributed by atoms with E-state index in [0.29, 0.717) is 17.4 Å². The minimum Gasteiger partial charge on any atom is -0.355 e. The highest BCUT2D eigenvalue weighted by molar-refractivity contribution is 7.91. The monoisotopic (exact) mass is 445 g/mol. The van der Waals surface area contributed by atoms with Crippen LogP contribution in [0.25, 0.3) is 0 Å². The first-order valence-electron chi connectivity index (χ1n) is 10.8. The van der Waals surface area contributed by atoms with Crippen molar-refractivity contribution in [3.63, 3.8) is 0 Å². The molecule has 7 nitrogen and oxygen atoms in total. The minimum atomic E-state index is -3.34. The van der Waals surface area contributed by atoms with Gasteiger partial charge in [0.2, 0.25) is 0 Å². The molecular weight excluding hydrogens is 410 g/mol. The summed E-state index contributed by atoms with van der Waals surface area (Å²) in [5, 5.41) is 7.49. The minimum absolute atomic E-state index is 0.000942. The SMILES string of the molecule is CN=C(NCCS(=O)(=O)c1ccc(C(C)(C)C)cc1)N1CCC(Cc2cnn(C)c2)C1. The van der Waals surface area contributed by atoms with Crippen molar-refractivity contribution in [3.05, 3.63) is 47.8 Å². The first-order valence-corrected chi connectivity index (χ1v) is 12.5. The second kappa shape index (κ2) is 9.42. The molecule has 1 N–H and O–H groups in total. The molecule has 1 aliphatic rings. The van der Waals surface area contributed by atoms with E-state index in [9.17, 15) is 8.42 Å². The highest BCUT2D eigenvalue weighted by Crippen LogP contribution is 2.24. The van der Waals surface area contributed by atoms with Crippen molar-refractivity contribution in [1.29, 1.82) is 0 Å². The van der Waals surface area contributed by atoms with E-state index in [2.05, 4.69) is 47.3 Å². The van der Waals surface area contributed by atoms with Crippen LogP contribution in [0, 0.1) is 5.92 Å². The topological polar surface area (TPSA) is 79.6 Å². The average Bonchev–Trinajstić information content (AvgIpc) is 3.34. The third-order valence-corrected chi connectivity index (χ3v) is 7.55. The van der Waals surface area contributed by atoms with Gasteiger partial charge in [-0.3, -0.25) is 9.67 Å². The smallest absolute Gasteiger partial charge is 0.193 e. The first-order chi connectivity index (χ1) is 14.6. The van der Waals surface area contributed by atoms with Crippen molar-refractivity contribution in [3.8, 4) is 0 Å². The zero-order chi connectivity index (χ0) is 22.6. The van der Waals surface area contributed by atoms with Gasteiger partial charge in [-0.15, -0.1) is 0 Å².